The van der Waals surface area contributed by atoms with Crippen molar-refractivity contribution in [1.29, 1.82) is 0 Å². The molecule has 0 fully saturated rings. The van der Waals surface area contributed by atoms with E-state index < -0.39 is 0 Å². The van der Waals surface area contributed by atoms with Crippen molar-refractivity contribution in [2.24, 2.45) is 0 Å². The molecule has 3 rings (SSSR count). The van der Waals surface area contributed by atoms with Crippen molar-refractivity contribution in [2.75, 3.05) is 6.61 Å². The summed E-state index contributed by atoms with van der Waals surface area (Å²) < 4.78 is 6.97. The Kier molecular flexibility index (Phi) is 3.81. The lowest BCUT2D eigenvalue weighted by molar-refractivity contribution is 0.0708. The molecule has 0 spiro atoms. The van der Waals surface area contributed by atoms with Crippen LogP contribution >= 0.6 is 15.9 Å². The van der Waals surface area contributed by atoms with Gasteiger partial charge in [0.2, 0.25) is 0 Å². The van der Waals surface area contributed by atoms with Crippen LogP contribution in [-0.4, -0.2) is 6.61 Å². The van der Waals surface area contributed by atoms with E-state index in [1.54, 1.807) is 0 Å². The largest absolute Gasteiger partial charge is 0.369 e. The van der Waals surface area contributed by atoms with E-state index in [9.17, 15) is 0 Å². The minimum atomic E-state index is 0.151. The fraction of sp³-hybridized carbons (Fsp3) is 0.176. The molecule has 1 nitrogen and oxygen atoms in total. The summed E-state index contributed by atoms with van der Waals surface area (Å²) in [6, 6.07) is 18.9. The molecule has 2 aromatic rings. The fourth-order valence-corrected chi connectivity index (χ4v) is 2.83. The van der Waals surface area contributed by atoms with Gasteiger partial charge in [0.15, 0.2) is 0 Å². The molecular weight excluding hydrogens is 300 g/mol. The first-order chi connectivity index (χ1) is 9.33. The molecule has 2 heteroatoms. The molecule has 0 radical (unpaired) electrons. The van der Waals surface area contributed by atoms with Crippen molar-refractivity contribution < 1.29 is 4.74 Å². The fourth-order valence-electron chi connectivity index (χ4n) is 2.42. The van der Waals surface area contributed by atoms with Crippen LogP contribution in [0.15, 0.2) is 65.1 Å². The number of rotatable bonds is 2. The van der Waals surface area contributed by atoms with Gasteiger partial charge in [-0.05, 0) is 28.8 Å². The zero-order valence-electron chi connectivity index (χ0n) is 10.6. The maximum atomic E-state index is 5.87. The summed E-state index contributed by atoms with van der Waals surface area (Å²) in [4.78, 5) is 0. The van der Waals surface area contributed by atoms with E-state index in [1.807, 2.05) is 6.07 Å². The lowest BCUT2D eigenvalue weighted by atomic mass is 9.94. The molecule has 1 aliphatic heterocycles. The average molecular weight is 315 g/mol. The molecule has 0 N–H and O–H groups in total. The minimum absolute atomic E-state index is 0.151. The van der Waals surface area contributed by atoms with Crippen LogP contribution in [0.5, 0.6) is 0 Å². The minimum Gasteiger partial charge on any atom is -0.369 e. The van der Waals surface area contributed by atoms with Gasteiger partial charge < -0.3 is 4.74 Å². The third kappa shape index (κ3) is 2.96. The van der Waals surface area contributed by atoms with Crippen LogP contribution in [0.4, 0.5) is 0 Å². The predicted octanol–water partition coefficient (Wildman–Crippen LogP) is 4.99. The lowest BCUT2D eigenvalue weighted by Crippen LogP contribution is -2.11. The van der Waals surface area contributed by atoms with E-state index in [0.29, 0.717) is 6.61 Å². The number of hydrogen-bond acceptors (Lipinski definition) is 1. The van der Waals surface area contributed by atoms with Crippen LogP contribution in [0.25, 0.3) is 5.57 Å². The van der Waals surface area contributed by atoms with Crippen molar-refractivity contribution in [3.05, 3.63) is 76.3 Å². The Labute approximate surface area is 122 Å². The molecule has 0 saturated carbocycles. The van der Waals surface area contributed by atoms with Crippen LogP contribution < -0.4 is 0 Å². The first kappa shape index (κ1) is 12.6. The molecule has 2 aromatic carbocycles. The van der Waals surface area contributed by atoms with Crippen molar-refractivity contribution in [3.63, 3.8) is 0 Å². The normalized spacial score (nSPS) is 19.0. The van der Waals surface area contributed by atoms with Crippen LogP contribution in [-0.2, 0) is 4.74 Å². The number of benzene rings is 2. The highest BCUT2D eigenvalue weighted by molar-refractivity contribution is 9.10. The van der Waals surface area contributed by atoms with Gasteiger partial charge in [-0.25, -0.2) is 0 Å². The Balaban J connectivity index is 1.83. The predicted molar refractivity (Wildman–Crippen MR) is 81.9 cm³/mol. The van der Waals surface area contributed by atoms with Crippen LogP contribution in [0.2, 0.25) is 0 Å². The first-order valence-corrected chi connectivity index (χ1v) is 7.24. The molecule has 1 atom stereocenters. The van der Waals surface area contributed by atoms with Crippen LogP contribution in [0.1, 0.15) is 23.7 Å². The highest BCUT2D eigenvalue weighted by Gasteiger charge is 2.18. The smallest absolute Gasteiger partial charge is 0.0870 e. The van der Waals surface area contributed by atoms with Gasteiger partial charge in [0.25, 0.3) is 0 Å². The second-order valence-electron chi connectivity index (χ2n) is 4.68. The number of halogens is 1. The van der Waals surface area contributed by atoms with Gasteiger partial charge in [0, 0.05) is 10.9 Å². The second-order valence-corrected chi connectivity index (χ2v) is 5.59. The first-order valence-electron chi connectivity index (χ1n) is 6.44. The van der Waals surface area contributed by atoms with E-state index in [4.69, 9.17) is 4.74 Å². The average Bonchev–Trinajstić information content (AvgIpc) is 2.48. The van der Waals surface area contributed by atoms with E-state index in [1.165, 1.54) is 16.7 Å². The van der Waals surface area contributed by atoms with E-state index >= 15 is 0 Å². The summed E-state index contributed by atoms with van der Waals surface area (Å²) in [6.45, 7) is 0.682. The van der Waals surface area contributed by atoms with Crippen LogP contribution in [0, 0.1) is 0 Å². The Hall–Kier alpha value is -1.38. The molecular formula is C17H15BrO. The Morgan fingerprint density at radius 1 is 1.00 bits per heavy atom. The number of ether oxygens (including phenoxy) is 1. The van der Waals surface area contributed by atoms with Crippen molar-refractivity contribution in [2.45, 2.75) is 12.5 Å². The van der Waals surface area contributed by atoms with Crippen molar-refractivity contribution in [1.82, 2.24) is 0 Å². The van der Waals surface area contributed by atoms with E-state index in [-0.39, 0.29) is 6.10 Å². The van der Waals surface area contributed by atoms with Gasteiger partial charge in [0.05, 0.1) is 12.7 Å². The highest BCUT2D eigenvalue weighted by Crippen LogP contribution is 2.34. The highest BCUT2D eigenvalue weighted by atomic mass is 79.9. The van der Waals surface area contributed by atoms with Gasteiger partial charge in [-0.3, -0.25) is 0 Å². The third-order valence-electron chi connectivity index (χ3n) is 3.40. The Bertz CT molecular complexity index is 589. The molecule has 96 valence electrons. The Morgan fingerprint density at radius 2 is 1.84 bits per heavy atom. The molecule has 0 saturated heterocycles. The molecule has 1 aliphatic rings. The molecule has 1 unspecified atom stereocenters. The summed E-state index contributed by atoms with van der Waals surface area (Å²) >= 11 is 3.52. The zero-order valence-corrected chi connectivity index (χ0v) is 12.1. The van der Waals surface area contributed by atoms with Gasteiger partial charge in [-0.15, -0.1) is 0 Å². The molecule has 19 heavy (non-hydrogen) atoms. The quantitative estimate of drug-likeness (QED) is 0.758. The summed E-state index contributed by atoms with van der Waals surface area (Å²) in [6.07, 6.45) is 3.27. The topological polar surface area (TPSA) is 9.23 Å². The van der Waals surface area contributed by atoms with Crippen LogP contribution in [0.3, 0.4) is 0 Å². The maximum absolute atomic E-state index is 5.87. The van der Waals surface area contributed by atoms with Gasteiger partial charge in [0.1, 0.15) is 0 Å². The molecule has 0 aliphatic carbocycles. The van der Waals surface area contributed by atoms with Gasteiger partial charge in [-0.2, -0.15) is 0 Å². The van der Waals surface area contributed by atoms with E-state index in [0.717, 1.165) is 10.9 Å². The summed E-state index contributed by atoms with van der Waals surface area (Å²) in [5.41, 5.74) is 3.90. The van der Waals surface area contributed by atoms with Gasteiger partial charge >= 0.3 is 0 Å². The summed E-state index contributed by atoms with van der Waals surface area (Å²) in [5.74, 6) is 0. The van der Waals surface area contributed by atoms with Crippen molar-refractivity contribution >= 4 is 21.5 Å². The van der Waals surface area contributed by atoms with E-state index in [2.05, 4.69) is 70.5 Å². The molecule has 0 amide bonds. The second kappa shape index (κ2) is 5.72. The van der Waals surface area contributed by atoms with Gasteiger partial charge in [-0.1, -0.05) is 64.5 Å². The zero-order chi connectivity index (χ0) is 13.1. The Morgan fingerprint density at radius 3 is 2.63 bits per heavy atom. The molecule has 0 aromatic heterocycles. The summed E-state index contributed by atoms with van der Waals surface area (Å²) in [5, 5.41) is 0. The monoisotopic (exact) mass is 314 g/mol. The number of hydrogen-bond donors (Lipinski definition) is 0. The molecule has 1 heterocycles. The standard InChI is InChI=1S/C17H15BrO/c18-16-8-4-7-15(11-16)17-12-14(9-10-19-17)13-5-2-1-3-6-13/h1-9,11,17H,10,12H2. The SMILES string of the molecule is Brc1cccc(C2CC(c3ccccc3)=CCO2)c1. The lowest BCUT2D eigenvalue weighted by Gasteiger charge is -2.24. The third-order valence-corrected chi connectivity index (χ3v) is 3.89. The molecule has 0 bridgehead atoms. The van der Waals surface area contributed by atoms with Crippen molar-refractivity contribution in [3.8, 4) is 0 Å². The summed E-state index contributed by atoms with van der Waals surface area (Å²) in [7, 11) is 0. The maximum Gasteiger partial charge on any atom is 0.0870 e.